The third-order valence-electron chi connectivity index (χ3n) is 5.55. The molecule has 1 fully saturated rings. The quantitative estimate of drug-likeness (QED) is 0.551. The largest absolute Gasteiger partial charge is 0.497 e. The number of hydrogen-bond donors (Lipinski definition) is 0. The lowest BCUT2D eigenvalue weighted by atomic mass is 9.92. The van der Waals surface area contributed by atoms with Gasteiger partial charge in [-0.05, 0) is 30.5 Å². The topological polar surface area (TPSA) is 26.3 Å². The minimum Gasteiger partial charge on any atom is -0.497 e. The van der Waals surface area contributed by atoms with Crippen LogP contribution in [-0.4, -0.2) is 21.0 Å². The first-order valence-corrected chi connectivity index (χ1v) is 12.5. The predicted molar refractivity (Wildman–Crippen MR) is 111 cm³/mol. The first-order valence-electron chi connectivity index (χ1n) is 9.41. The van der Waals surface area contributed by atoms with Crippen molar-refractivity contribution in [3.8, 4) is 5.75 Å². The van der Waals surface area contributed by atoms with Gasteiger partial charge in [-0.2, -0.15) is 0 Å². The van der Waals surface area contributed by atoms with Crippen molar-refractivity contribution in [2.75, 3.05) is 7.11 Å². The highest BCUT2D eigenvalue weighted by Gasteiger charge is 2.34. The van der Waals surface area contributed by atoms with E-state index < -0.39 is 8.07 Å². The van der Waals surface area contributed by atoms with E-state index in [1.165, 1.54) is 16.3 Å². The zero-order chi connectivity index (χ0) is 18.6. The predicted octanol–water partition coefficient (Wildman–Crippen LogP) is 5.00. The summed E-state index contributed by atoms with van der Waals surface area (Å²) in [4.78, 5) is 11.9. The fourth-order valence-electron chi connectivity index (χ4n) is 3.90. The monoisotopic (exact) mass is 364 g/mol. The second kappa shape index (κ2) is 8.04. The molecule has 0 amide bonds. The van der Waals surface area contributed by atoms with E-state index in [1.54, 1.807) is 7.11 Å². The maximum absolute atomic E-state index is 11.9. The van der Waals surface area contributed by atoms with Crippen LogP contribution < -0.4 is 9.92 Å². The lowest BCUT2D eigenvalue weighted by Gasteiger charge is -2.33. The Bertz CT molecular complexity index is 776. The highest BCUT2D eigenvalue weighted by Crippen LogP contribution is 2.33. The van der Waals surface area contributed by atoms with Gasteiger partial charge in [-0.3, -0.25) is 4.79 Å². The Morgan fingerprint density at radius 2 is 1.69 bits per heavy atom. The van der Waals surface area contributed by atoms with Gasteiger partial charge in [0, 0.05) is 18.4 Å². The van der Waals surface area contributed by atoms with Crippen LogP contribution in [0.5, 0.6) is 5.75 Å². The van der Waals surface area contributed by atoms with Crippen LogP contribution >= 0.6 is 0 Å². The van der Waals surface area contributed by atoms with E-state index in [2.05, 4.69) is 61.6 Å². The Labute approximate surface area is 157 Å². The third-order valence-corrected chi connectivity index (χ3v) is 9.43. The first-order chi connectivity index (χ1) is 12.5. The van der Waals surface area contributed by atoms with Crippen LogP contribution in [0.15, 0.2) is 66.2 Å². The van der Waals surface area contributed by atoms with E-state index in [9.17, 15) is 4.79 Å². The van der Waals surface area contributed by atoms with Crippen LogP contribution in [0.2, 0.25) is 13.1 Å². The van der Waals surface area contributed by atoms with Gasteiger partial charge in [0.05, 0.1) is 15.2 Å². The highest BCUT2D eigenvalue weighted by atomic mass is 28.3. The van der Waals surface area contributed by atoms with E-state index in [0.717, 1.165) is 25.0 Å². The molecule has 2 nitrogen and oxygen atoms in total. The minimum absolute atomic E-state index is 0.344. The fourth-order valence-corrected chi connectivity index (χ4v) is 6.99. The lowest BCUT2D eigenvalue weighted by Crippen LogP contribution is -2.47. The molecule has 136 valence electrons. The van der Waals surface area contributed by atoms with Crippen LogP contribution in [-0.2, 0) is 4.79 Å². The maximum atomic E-state index is 11.9. The van der Waals surface area contributed by atoms with Crippen LogP contribution in [0.25, 0.3) is 0 Å². The van der Waals surface area contributed by atoms with Gasteiger partial charge in [0.2, 0.25) is 0 Å². The molecule has 1 atom stereocenters. The van der Waals surface area contributed by atoms with E-state index in [0.29, 0.717) is 17.7 Å². The molecule has 3 rings (SSSR count). The summed E-state index contributed by atoms with van der Waals surface area (Å²) in [5.74, 6) is 1.27. The van der Waals surface area contributed by atoms with Crippen molar-refractivity contribution in [2.45, 2.75) is 44.3 Å². The summed E-state index contributed by atoms with van der Waals surface area (Å²) < 4.78 is 5.33. The molecule has 0 heterocycles. The van der Waals surface area contributed by atoms with Gasteiger partial charge < -0.3 is 4.74 Å². The molecule has 2 aromatic carbocycles. The molecule has 1 saturated carbocycles. The van der Waals surface area contributed by atoms with Gasteiger partial charge in [-0.15, -0.1) is 0 Å². The molecule has 26 heavy (non-hydrogen) atoms. The molecular weight excluding hydrogens is 336 g/mol. The van der Waals surface area contributed by atoms with Gasteiger partial charge >= 0.3 is 0 Å². The van der Waals surface area contributed by atoms with E-state index in [4.69, 9.17) is 4.74 Å². The number of hydrogen-bond acceptors (Lipinski definition) is 2. The summed E-state index contributed by atoms with van der Waals surface area (Å²) in [5.41, 5.74) is 2.98. The van der Waals surface area contributed by atoms with Gasteiger partial charge in [0.15, 0.2) is 0 Å². The molecule has 0 aromatic heterocycles. The molecule has 0 radical (unpaired) electrons. The Balaban J connectivity index is 2.03. The smallest absolute Gasteiger partial charge is 0.136 e. The number of carbonyl (C=O) groups excluding carboxylic acids is 1. The summed E-state index contributed by atoms with van der Waals surface area (Å²) in [7, 11) is -0.113. The van der Waals surface area contributed by atoms with Crippen molar-refractivity contribution in [3.63, 3.8) is 0 Å². The van der Waals surface area contributed by atoms with Crippen LogP contribution in [0, 0.1) is 0 Å². The first kappa shape index (κ1) is 18.7. The van der Waals surface area contributed by atoms with Crippen molar-refractivity contribution in [3.05, 3.63) is 71.8 Å². The highest BCUT2D eigenvalue weighted by molar-refractivity contribution is 6.91. The lowest BCUT2D eigenvalue weighted by molar-refractivity contribution is -0.119. The van der Waals surface area contributed by atoms with Crippen molar-refractivity contribution >= 4 is 19.0 Å². The number of ether oxygens (including phenoxy) is 1. The summed E-state index contributed by atoms with van der Waals surface area (Å²) in [6.45, 7) is 4.86. The number of methoxy groups -OCH3 is 1. The molecule has 0 bridgehead atoms. The number of ketones is 1. The van der Waals surface area contributed by atoms with Crippen molar-refractivity contribution in [1.29, 1.82) is 0 Å². The average molecular weight is 365 g/mol. The van der Waals surface area contributed by atoms with Crippen molar-refractivity contribution in [2.24, 2.45) is 0 Å². The summed E-state index contributed by atoms with van der Waals surface area (Å²) in [6, 6.07) is 19.3. The second-order valence-electron chi connectivity index (χ2n) is 7.73. The van der Waals surface area contributed by atoms with Gasteiger partial charge in [-0.1, -0.05) is 72.4 Å². The number of Topliss-reactive ketones (excluding diaryl/α,β-unsaturated/α-hetero) is 1. The number of benzene rings is 2. The van der Waals surface area contributed by atoms with E-state index in [-0.39, 0.29) is 0 Å². The minimum atomic E-state index is -1.81. The van der Waals surface area contributed by atoms with Gasteiger partial charge in [0.1, 0.15) is 11.5 Å². The normalized spacial score (nSPS) is 18.0. The zero-order valence-corrected chi connectivity index (χ0v) is 17.0. The van der Waals surface area contributed by atoms with Crippen molar-refractivity contribution < 1.29 is 9.53 Å². The second-order valence-corrected chi connectivity index (χ2v) is 12.4. The van der Waals surface area contributed by atoms with Crippen LogP contribution in [0.1, 0.15) is 36.8 Å². The molecular formula is C23H28O2Si. The van der Waals surface area contributed by atoms with E-state index >= 15 is 0 Å². The number of allylic oxidation sites excluding steroid dienone is 2. The molecule has 3 heteroatoms. The zero-order valence-electron chi connectivity index (χ0n) is 16.0. The summed E-state index contributed by atoms with van der Waals surface area (Å²) in [6.07, 6.45) is 5.83. The molecule has 0 N–H and O–H groups in total. The molecule has 1 aliphatic carbocycles. The maximum Gasteiger partial charge on any atom is 0.136 e. The summed E-state index contributed by atoms with van der Waals surface area (Å²) >= 11 is 0. The Kier molecular flexibility index (Phi) is 5.77. The standard InChI is InChI=1S/C23H28O2Si/c1-25-21-14-12-19(13-15-21)23(17-18-8-7-9-20(24)16-18)26(2,3)22-10-5-4-6-11-22/h4-6,10-15,17,23H,7-9,16H2,1-3H3/b18-17-/t23-/m1/s1. The van der Waals surface area contributed by atoms with Crippen LogP contribution in [0.4, 0.5) is 0 Å². The molecule has 1 aliphatic rings. The Morgan fingerprint density at radius 3 is 2.31 bits per heavy atom. The average Bonchev–Trinajstić information content (AvgIpc) is 2.67. The Morgan fingerprint density at radius 1 is 1.00 bits per heavy atom. The molecule has 0 aliphatic heterocycles. The molecule has 0 unspecified atom stereocenters. The Hall–Kier alpha value is -2.13. The molecule has 2 aromatic rings. The number of rotatable bonds is 5. The van der Waals surface area contributed by atoms with Gasteiger partial charge in [-0.25, -0.2) is 0 Å². The van der Waals surface area contributed by atoms with Gasteiger partial charge in [0.25, 0.3) is 0 Å². The molecule has 0 spiro atoms. The third kappa shape index (κ3) is 4.16. The van der Waals surface area contributed by atoms with E-state index in [1.807, 2.05) is 12.1 Å². The molecule has 0 saturated heterocycles. The van der Waals surface area contributed by atoms with Crippen LogP contribution in [0.3, 0.4) is 0 Å². The summed E-state index contributed by atoms with van der Waals surface area (Å²) in [5, 5.41) is 1.44. The van der Waals surface area contributed by atoms with Crippen molar-refractivity contribution in [1.82, 2.24) is 0 Å². The SMILES string of the molecule is COc1ccc([C@@H](/C=C2/CCCC(=O)C2)[Si](C)(C)c2ccccc2)cc1. The fraction of sp³-hybridized carbons (Fsp3) is 0.348. The number of carbonyl (C=O) groups is 1.